The van der Waals surface area contributed by atoms with Gasteiger partial charge in [0.05, 0.1) is 5.56 Å². The first-order valence-electron chi connectivity index (χ1n) is 6.23. The molecule has 2 rings (SSSR count). The van der Waals surface area contributed by atoms with Crippen molar-refractivity contribution in [3.63, 3.8) is 0 Å². The molecule has 20 heavy (non-hydrogen) atoms. The molecule has 0 fully saturated rings. The van der Waals surface area contributed by atoms with Crippen molar-refractivity contribution in [1.82, 2.24) is 5.32 Å². The Hall–Kier alpha value is -2.62. The topological polar surface area (TPSA) is 66.4 Å². The van der Waals surface area contributed by atoms with E-state index in [4.69, 9.17) is 5.11 Å². The highest BCUT2D eigenvalue weighted by Crippen LogP contribution is 2.07. The van der Waals surface area contributed by atoms with Crippen molar-refractivity contribution in [3.8, 4) is 0 Å². The average Bonchev–Trinajstić information content (AvgIpc) is 2.46. The molecule has 0 aliphatic rings. The number of rotatable bonds is 4. The fourth-order valence-corrected chi connectivity index (χ4v) is 1.78. The van der Waals surface area contributed by atoms with Gasteiger partial charge in [-0.25, -0.2) is 4.79 Å². The van der Waals surface area contributed by atoms with E-state index in [-0.39, 0.29) is 11.5 Å². The van der Waals surface area contributed by atoms with E-state index in [0.29, 0.717) is 12.1 Å². The molecule has 1 amide bonds. The van der Waals surface area contributed by atoms with E-state index < -0.39 is 5.97 Å². The van der Waals surface area contributed by atoms with Crippen molar-refractivity contribution in [2.45, 2.75) is 13.5 Å². The van der Waals surface area contributed by atoms with Gasteiger partial charge in [-0.15, -0.1) is 0 Å². The van der Waals surface area contributed by atoms with Gasteiger partial charge in [0, 0.05) is 12.1 Å². The summed E-state index contributed by atoms with van der Waals surface area (Å²) in [6.45, 7) is 2.41. The number of aryl methyl sites for hydroxylation is 1. The Labute approximate surface area is 117 Å². The third kappa shape index (κ3) is 3.45. The van der Waals surface area contributed by atoms with Crippen LogP contribution in [0.15, 0.2) is 48.5 Å². The largest absolute Gasteiger partial charge is 0.478 e. The molecule has 0 heterocycles. The normalized spacial score (nSPS) is 10.1. The minimum atomic E-state index is -1.04. The van der Waals surface area contributed by atoms with Gasteiger partial charge >= 0.3 is 5.97 Å². The molecule has 2 N–H and O–H groups in total. The highest BCUT2D eigenvalue weighted by atomic mass is 16.4. The van der Waals surface area contributed by atoms with E-state index in [1.807, 2.05) is 31.2 Å². The standard InChI is InChI=1S/C16H15NO3/c1-11-5-7-12(8-6-11)10-17-15(18)13-3-2-4-14(9-13)16(19)20/h2-9H,10H2,1H3,(H,17,18)(H,19,20). The van der Waals surface area contributed by atoms with Crippen LogP contribution in [0.25, 0.3) is 0 Å². The maximum Gasteiger partial charge on any atom is 0.335 e. The van der Waals surface area contributed by atoms with E-state index in [0.717, 1.165) is 11.1 Å². The Morgan fingerprint density at radius 1 is 1.05 bits per heavy atom. The molecule has 0 atom stereocenters. The van der Waals surface area contributed by atoms with Crippen LogP contribution < -0.4 is 5.32 Å². The molecular weight excluding hydrogens is 254 g/mol. The summed E-state index contributed by atoms with van der Waals surface area (Å²) in [7, 11) is 0. The van der Waals surface area contributed by atoms with Crippen molar-refractivity contribution in [1.29, 1.82) is 0 Å². The summed E-state index contributed by atoms with van der Waals surface area (Å²) in [6, 6.07) is 13.8. The zero-order chi connectivity index (χ0) is 14.5. The lowest BCUT2D eigenvalue weighted by molar-refractivity contribution is 0.0697. The van der Waals surface area contributed by atoms with Crippen LogP contribution in [0.4, 0.5) is 0 Å². The molecular formula is C16H15NO3. The summed E-state index contributed by atoms with van der Waals surface area (Å²) in [6.07, 6.45) is 0. The Bertz CT molecular complexity index is 632. The second-order valence-electron chi connectivity index (χ2n) is 4.55. The van der Waals surface area contributed by atoms with Crippen LogP contribution in [0.3, 0.4) is 0 Å². The summed E-state index contributed by atoms with van der Waals surface area (Å²) < 4.78 is 0. The van der Waals surface area contributed by atoms with Gasteiger partial charge in [-0.1, -0.05) is 35.9 Å². The van der Waals surface area contributed by atoms with E-state index in [9.17, 15) is 9.59 Å². The third-order valence-corrected chi connectivity index (χ3v) is 2.95. The van der Waals surface area contributed by atoms with E-state index in [2.05, 4.69) is 5.32 Å². The van der Waals surface area contributed by atoms with Crippen molar-refractivity contribution in [2.24, 2.45) is 0 Å². The SMILES string of the molecule is Cc1ccc(CNC(=O)c2cccc(C(=O)O)c2)cc1. The number of carboxylic acids is 1. The van der Waals surface area contributed by atoms with Crippen molar-refractivity contribution in [2.75, 3.05) is 0 Å². The van der Waals surface area contributed by atoms with Gasteiger partial charge in [-0.05, 0) is 30.7 Å². The predicted octanol–water partition coefficient (Wildman–Crippen LogP) is 2.62. The van der Waals surface area contributed by atoms with Crippen LogP contribution in [0.1, 0.15) is 31.8 Å². The van der Waals surface area contributed by atoms with Gasteiger partial charge in [-0.3, -0.25) is 4.79 Å². The first kappa shape index (κ1) is 13.8. The van der Waals surface area contributed by atoms with Crippen LogP contribution >= 0.6 is 0 Å². The number of amides is 1. The van der Waals surface area contributed by atoms with E-state index in [1.165, 1.54) is 12.1 Å². The number of nitrogens with one attached hydrogen (secondary N) is 1. The summed E-state index contributed by atoms with van der Waals surface area (Å²) in [5.74, 6) is -1.33. The second-order valence-corrected chi connectivity index (χ2v) is 4.55. The van der Waals surface area contributed by atoms with E-state index in [1.54, 1.807) is 12.1 Å². The van der Waals surface area contributed by atoms with Gasteiger partial charge in [0.25, 0.3) is 5.91 Å². The molecule has 0 radical (unpaired) electrons. The Balaban J connectivity index is 2.03. The highest BCUT2D eigenvalue weighted by Gasteiger charge is 2.09. The molecule has 0 bridgehead atoms. The lowest BCUT2D eigenvalue weighted by Gasteiger charge is -2.06. The van der Waals surface area contributed by atoms with Crippen molar-refractivity contribution in [3.05, 3.63) is 70.8 Å². The Morgan fingerprint density at radius 2 is 1.70 bits per heavy atom. The maximum atomic E-state index is 12.0. The van der Waals surface area contributed by atoms with Gasteiger partial charge in [0.2, 0.25) is 0 Å². The minimum Gasteiger partial charge on any atom is -0.478 e. The fraction of sp³-hybridized carbons (Fsp3) is 0.125. The lowest BCUT2D eigenvalue weighted by Crippen LogP contribution is -2.23. The summed E-state index contributed by atoms with van der Waals surface area (Å²) in [5.41, 5.74) is 2.61. The molecule has 0 saturated heterocycles. The Kier molecular flexibility index (Phi) is 4.15. The molecule has 2 aromatic rings. The first-order valence-corrected chi connectivity index (χ1v) is 6.23. The smallest absolute Gasteiger partial charge is 0.335 e. The number of hydrogen-bond acceptors (Lipinski definition) is 2. The molecule has 0 aliphatic carbocycles. The summed E-state index contributed by atoms with van der Waals surface area (Å²) in [4.78, 5) is 22.8. The van der Waals surface area contributed by atoms with Crippen molar-refractivity contribution >= 4 is 11.9 Å². The minimum absolute atomic E-state index is 0.105. The number of benzene rings is 2. The van der Waals surface area contributed by atoms with E-state index >= 15 is 0 Å². The van der Waals surface area contributed by atoms with Crippen LogP contribution in [-0.4, -0.2) is 17.0 Å². The molecule has 0 spiro atoms. The molecule has 2 aromatic carbocycles. The zero-order valence-corrected chi connectivity index (χ0v) is 11.1. The van der Waals surface area contributed by atoms with Crippen LogP contribution in [-0.2, 0) is 6.54 Å². The molecule has 4 nitrogen and oxygen atoms in total. The number of aromatic carboxylic acids is 1. The van der Waals surface area contributed by atoms with Gasteiger partial charge in [-0.2, -0.15) is 0 Å². The molecule has 102 valence electrons. The highest BCUT2D eigenvalue weighted by molar-refractivity contribution is 5.97. The van der Waals surface area contributed by atoms with Crippen molar-refractivity contribution < 1.29 is 14.7 Å². The zero-order valence-electron chi connectivity index (χ0n) is 11.1. The number of hydrogen-bond donors (Lipinski definition) is 2. The van der Waals surface area contributed by atoms with Crippen LogP contribution in [0.5, 0.6) is 0 Å². The summed E-state index contributed by atoms with van der Waals surface area (Å²) >= 11 is 0. The fourth-order valence-electron chi connectivity index (χ4n) is 1.78. The molecule has 0 saturated carbocycles. The van der Waals surface area contributed by atoms with Gasteiger partial charge < -0.3 is 10.4 Å². The monoisotopic (exact) mass is 269 g/mol. The van der Waals surface area contributed by atoms with Gasteiger partial charge in [0.1, 0.15) is 0 Å². The first-order chi connectivity index (χ1) is 9.56. The quantitative estimate of drug-likeness (QED) is 0.896. The number of carbonyl (C=O) groups excluding carboxylic acids is 1. The lowest BCUT2D eigenvalue weighted by atomic mass is 10.1. The maximum absolute atomic E-state index is 12.0. The average molecular weight is 269 g/mol. The molecule has 0 aromatic heterocycles. The molecule has 4 heteroatoms. The number of carboxylic acid groups (broad SMARTS) is 1. The van der Waals surface area contributed by atoms with Gasteiger partial charge in [0.15, 0.2) is 0 Å². The van der Waals surface area contributed by atoms with Crippen LogP contribution in [0.2, 0.25) is 0 Å². The third-order valence-electron chi connectivity index (χ3n) is 2.95. The summed E-state index contributed by atoms with van der Waals surface area (Å²) in [5, 5.41) is 11.7. The van der Waals surface area contributed by atoms with Crippen LogP contribution in [0, 0.1) is 6.92 Å². The second kappa shape index (κ2) is 6.02. The number of carbonyl (C=O) groups is 2. The Morgan fingerprint density at radius 3 is 2.35 bits per heavy atom. The molecule has 0 aliphatic heterocycles. The molecule has 0 unspecified atom stereocenters. The predicted molar refractivity (Wildman–Crippen MR) is 75.8 cm³/mol.